The first-order chi connectivity index (χ1) is 13.6. The van der Waals surface area contributed by atoms with Crippen molar-refractivity contribution in [3.8, 4) is 11.1 Å². The highest BCUT2D eigenvalue weighted by molar-refractivity contribution is 5.86. The van der Waals surface area contributed by atoms with Gasteiger partial charge in [0.25, 0.3) is 0 Å². The van der Waals surface area contributed by atoms with E-state index in [0.717, 1.165) is 22.3 Å². The molecule has 146 valence electrons. The van der Waals surface area contributed by atoms with Gasteiger partial charge in [0.15, 0.2) is 0 Å². The van der Waals surface area contributed by atoms with Gasteiger partial charge in [0.2, 0.25) is 5.91 Å². The number of hydrogen-bond acceptors (Lipinski definition) is 3. The maximum Gasteiger partial charge on any atom is 0.407 e. The lowest BCUT2D eigenvalue weighted by Gasteiger charge is -2.36. The van der Waals surface area contributed by atoms with Crippen molar-refractivity contribution in [3.05, 3.63) is 59.7 Å². The molecule has 0 bridgehead atoms. The minimum atomic E-state index is -0.962. The molecule has 1 aliphatic carbocycles. The SMILES string of the molecule is CCC(NC(=O)OCC1c2ccccc2-c2ccccc21)C(=O)N1CC(F)C1. The summed E-state index contributed by atoms with van der Waals surface area (Å²) in [4.78, 5) is 26.0. The van der Waals surface area contributed by atoms with Crippen LogP contribution in [-0.2, 0) is 9.53 Å². The monoisotopic (exact) mass is 382 g/mol. The van der Waals surface area contributed by atoms with Crippen molar-refractivity contribution in [2.24, 2.45) is 0 Å². The highest BCUT2D eigenvalue weighted by Crippen LogP contribution is 2.44. The molecule has 1 saturated heterocycles. The lowest BCUT2D eigenvalue weighted by molar-refractivity contribution is -0.140. The minimum Gasteiger partial charge on any atom is -0.449 e. The average Bonchev–Trinajstić information content (AvgIpc) is 3.01. The highest BCUT2D eigenvalue weighted by atomic mass is 19.1. The molecule has 0 saturated carbocycles. The Bertz CT molecular complexity index is 849. The summed E-state index contributed by atoms with van der Waals surface area (Å²) in [6, 6.07) is 15.5. The Morgan fingerprint density at radius 3 is 2.21 bits per heavy atom. The molecule has 0 spiro atoms. The number of alkyl carbamates (subject to hydrolysis) is 1. The van der Waals surface area contributed by atoms with Crippen LogP contribution in [0, 0.1) is 0 Å². The number of likely N-dealkylation sites (tertiary alicyclic amines) is 1. The van der Waals surface area contributed by atoms with Gasteiger partial charge >= 0.3 is 6.09 Å². The second-order valence-corrected chi connectivity index (χ2v) is 7.27. The van der Waals surface area contributed by atoms with E-state index in [0.29, 0.717) is 6.42 Å². The van der Waals surface area contributed by atoms with E-state index in [1.54, 1.807) is 6.92 Å². The predicted molar refractivity (Wildman–Crippen MR) is 104 cm³/mol. The van der Waals surface area contributed by atoms with Crippen molar-refractivity contribution in [1.29, 1.82) is 0 Å². The zero-order valence-corrected chi connectivity index (χ0v) is 15.7. The van der Waals surface area contributed by atoms with Crippen LogP contribution >= 0.6 is 0 Å². The summed E-state index contributed by atoms with van der Waals surface area (Å²) in [6.45, 7) is 2.20. The molecule has 28 heavy (non-hydrogen) atoms. The van der Waals surface area contributed by atoms with Gasteiger partial charge in [-0.25, -0.2) is 9.18 Å². The van der Waals surface area contributed by atoms with Crippen molar-refractivity contribution in [1.82, 2.24) is 10.2 Å². The number of carbonyl (C=O) groups excluding carboxylic acids is 2. The van der Waals surface area contributed by atoms with Crippen LogP contribution in [0.3, 0.4) is 0 Å². The van der Waals surface area contributed by atoms with E-state index in [2.05, 4.69) is 29.6 Å². The molecule has 0 aromatic heterocycles. The van der Waals surface area contributed by atoms with Crippen LogP contribution < -0.4 is 5.32 Å². The number of amides is 2. The van der Waals surface area contributed by atoms with E-state index in [4.69, 9.17) is 4.74 Å². The molecule has 2 aliphatic rings. The van der Waals surface area contributed by atoms with Crippen LogP contribution in [0.5, 0.6) is 0 Å². The third-order valence-electron chi connectivity index (χ3n) is 5.49. The fraction of sp³-hybridized carbons (Fsp3) is 0.364. The standard InChI is InChI=1S/C22H23FN2O3/c1-2-20(21(26)25-11-14(23)12-25)24-22(27)28-13-19-17-9-5-3-7-15(17)16-8-4-6-10-18(16)19/h3-10,14,19-20H,2,11-13H2,1H3,(H,24,27). The number of halogens is 1. The third kappa shape index (κ3) is 3.35. The fourth-order valence-corrected chi connectivity index (χ4v) is 3.95. The Hall–Kier alpha value is -2.89. The summed E-state index contributed by atoms with van der Waals surface area (Å²) in [5.74, 6) is -0.290. The molecule has 2 amide bonds. The number of hydrogen-bond donors (Lipinski definition) is 1. The summed E-state index contributed by atoms with van der Waals surface area (Å²) in [6.07, 6.45) is -1.16. The van der Waals surface area contributed by atoms with Gasteiger partial charge in [0.1, 0.15) is 18.8 Å². The summed E-state index contributed by atoms with van der Waals surface area (Å²) >= 11 is 0. The topological polar surface area (TPSA) is 58.6 Å². The van der Waals surface area contributed by atoms with Crippen molar-refractivity contribution in [2.45, 2.75) is 31.5 Å². The van der Waals surface area contributed by atoms with Crippen molar-refractivity contribution >= 4 is 12.0 Å². The number of benzene rings is 2. The number of nitrogens with zero attached hydrogens (tertiary/aromatic N) is 1. The van der Waals surface area contributed by atoms with Crippen LogP contribution in [0.2, 0.25) is 0 Å². The first-order valence-electron chi connectivity index (χ1n) is 9.62. The van der Waals surface area contributed by atoms with Gasteiger partial charge in [-0.05, 0) is 28.7 Å². The molecule has 1 heterocycles. The molecule has 2 aromatic carbocycles. The molecule has 1 N–H and O–H groups in total. The quantitative estimate of drug-likeness (QED) is 0.861. The zero-order chi connectivity index (χ0) is 19.7. The van der Waals surface area contributed by atoms with E-state index in [1.807, 2.05) is 24.3 Å². The molecule has 1 fully saturated rings. The Labute approximate surface area is 163 Å². The maximum absolute atomic E-state index is 13.0. The van der Waals surface area contributed by atoms with Crippen LogP contribution in [0.25, 0.3) is 11.1 Å². The Morgan fingerprint density at radius 2 is 1.68 bits per heavy atom. The summed E-state index contributed by atoms with van der Waals surface area (Å²) < 4.78 is 18.5. The smallest absolute Gasteiger partial charge is 0.407 e. The third-order valence-corrected chi connectivity index (χ3v) is 5.49. The van der Waals surface area contributed by atoms with Crippen LogP contribution in [0.4, 0.5) is 9.18 Å². The van der Waals surface area contributed by atoms with Crippen molar-refractivity contribution in [2.75, 3.05) is 19.7 Å². The van der Waals surface area contributed by atoms with Gasteiger partial charge in [0, 0.05) is 5.92 Å². The maximum atomic E-state index is 13.0. The van der Waals surface area contributed by atoms with Crippen LogP contribution in [0.15, 0.2) is 48.5 Å². The molecule has 5 nitrogen and oxygen atoms in total. The summed E-state index contributed by atoms with van der Waals surface area (Å²) in [7, 11) is 0. The first-order valence-corrected chi connectivity index (χ1v) is 9.62. The van der Waals surface area contributed by atoms with Crippen LogP contribution in [-0.4, -0.2) is 48.8 Å². The van der Waals surface area contributed by atoms with Gasteiger partial charge in [-0.2, -0.15) is 0 Å². The molecule has 6 heteroatoms. The molecule has 1 unspecified atom stereocenters. The lowest BCUT2D eigenvalue weighted by atomic mass is 9.98. The number of nitrogens with one attached hydrogen (secondary N) is 1. The van der Waals surface area contributed by atoms with Gasteiger partial charge in [-0.3, -0.25) is 4.79 Å². The predicted octanol–water partition coefficient (Wildman–Crippen LogP) is 3.48. The molecule has 1 atom stereocenters. The Morgan fingerprint density at radius 1 is 1.11 bits per heavy atom. The number of fused-ring (bicyclic) bond motifs is 3. The molecule has 1 aliphatic heterocycles. The number of rotatable bonds is 5. The Kier molecular flexibility index (Phi) is 5.03. The number of ether oxygens (including phenoxy) is 1. The second-order valence-electron chi connectivity index (χ2n) is 7.27. The minimum absolute atomic E-state index is 0.0309. The summed E-state index contributed by atoms with van der Waals surface area (Å²) in [5.41, 5.74) is 4.59. The number of carbonyl (C=O) groups is 2. The summed E-state index contributed by atoms with van der Waals surface area (Å²) in [5, 5.41) is 2.63. The van der Waals surface area contributed by atoms with Crippen molar-refractivity contribution < 1.29 is 18.7 Å². The van der Waals surface area contributed by atoms with Gasteiger partial charge in [-0.1, -0.05) is 55.5 Å². The van der Waals surface area contributed by atoms with Crippen molar-refractivity contribution in [3.63, 3.8) is 0 Å². The molecule has 2 aromatic rings. The van der Waals surface area contributed by atoms with E-state index in [9.17, 15) is 14.0 Å². The second kappa shape index (κ2) is 7.62. The normalized spacial score (nSPS) is 16.7. The first kappa shape index (κ1) is 18.5. The molecule has 4 rings (SSSR count). The fourth-order valence-electron chi connectivity index (χ4n) is 3.95. The van der Waals surface area contributed by atoms with Gasteiger partial charge < -0.3 is 15.0 Å². The van der Waals surface area contributed by atoms with E-state index in [-0.39, 0.29) is 31.5 Å². The Balaban J connectivity index is 1.40. The lowest BCUT2D eigenvalue weighted by Crippen LogP contribution is -2.57. The molecule has 0 radical (unpaired) electrons. The van der Waals surface area contributed by atoms with E-state index >= 15 is 0 Å². The number of alkyl halides is 1. The molecular formula is C22H23FN2O3. The van der Waals surface area contributed by atoms with Gasteiger partial charge in [-0.15, -0.1) is 0 Å². The molecular weight excluding hydrogens is 359 g/mol. The van der Waals surface area contributed by atoms with Crippen LogP contribution in [0.1, 0.15) is 30.4 Å². The largest absolute Gasteiger partial charge is 0.449 e. The zero-order valence-electron chi connectivity index (χ0n) is 15.7. The van der Waals surface area contributed by atoms with E-state index in [1.165, 1.54) is 4.90 Å². The van der Waals surface area contributed by atoms with E-state index < -0.39 is 18.3 Å². The highest BCUT2D eigenvalue weighted by Gasteiger charge is 2.35. The van der Waals surface area contributed by atoms with Gasteiger partial charge in [0.05, 0.1) is 13.1 Å². The average molecular weight is 382 g/mol.